The molecule has 1 aromatic rings. The fraction of sp³-hybridized carbons (Fsp3) is 0.417. The average Bonchev–Trinajstić information content (AvgIpc) is 2.26. The van der Waals surface area contributed by atoms with Gasteiger partial charge in [0.2, 0.25) is 5.91 Å². The molecular formula is C12H16N2O3. The van der Waals surface area contributed by atoms with Crippen molar-refractivity contribution in [3.63, 3.8) is 0 Å². The number of hydrogen-bond donors (Lipinski definition) is 1. The second-order valence-corrected chi connectivity index (χ2v) is 4.52. The zero-order valence-electron chi connectivity index (χ0n) is 10.2. The molecule has 1 aromatic heterocycles. The highest BCUT2D eigenvalue weighted by atomic mass is 16.4. The summed E-state index contributed by atoms with van der Waals surface area (Å²) in [6.45, 7) is 3.25. The van der Waals surface area contributed by atoms with E-state index < -0.39 is 11.4 Å². The molecular weight excluding hydrogens is 220 g/mol. The van der Waals surface area contributed by atoms with E-state index in [1.165, 1.54) is 4.90 Å². The first kappa shape index (κ1) is 13.2. The van der Waals surface area contributed by atoms with Crippen LogP contribution in [0.3, 0.4) is 0 Å². The van der Waals surface area contributed by atoms with E-state index in [2.05, 4.69) is 4.98 Å². The van der Waals surface area contributed by atoms with Crippen molar-refractivity contribution in [3.05, 3.63) is 24.5 Å². The van der Waals surface area contributed by atoms with E-state index >= 15 is 0 Å². The van der Waals surface area contributed by atoms with Gasteiger partial charge in [-0.1, -0.05) is 13.8 Å². The molecule has 0 unspecified atom stereocenters. The molecule has 0 atom stereocenters. The molecule has 5 heteroatoms. The lowest BCUT2D eigenvalue weighted by atomic mass is 9.87. The molecule has 0 fully saturated rings. The molecule has 1 heterocycles. The molecule has 5 nitrogen and oxygen atoms in total. The molecule has 0 aromatic carbocycles. The smallest absolute Gasteiger partial charge is 0.304 e. The van der Waals surface area contributed by atoms with Crippen molar-refractivity contribution in [1.82, 2.24) is 4.98 Å². The van der Waals surface area contributed by atoms with Crippen LogP contribution >= 0.6 is 0 Å². The van der Waals surface area contributed by atoms with Gasteiger partial charge in [-0.2, -0.15) is 0 Å². The normalized spacial score (nSPS) is 11.0. The summed E-state index contributed by atoms with van der Waals surface area (Å²) in [6.07, 6.45) is 2.98. The molecule has 1 N–H and O–H groups in total. The fourth-order valence-electron chi connectivity index (χ4n) is 1.59. The third-order valence-corrected chi connectivity index (χ3v) is 2.53. The van der Waals surface area contributed by atoms with Crippen LogP contribution in [0.5, 0.6) is 0 Å². The van der Waals surface area contributed by atoms with Gasteiger partial charge in [0.15, 0.2) is 0 Å². The Bertz CT molecular complexity index is 415. The molecule has 17 heavy (non-hydrogen) atoms. The van der Waals surface area contributed by atoms with Gasteiger partial charge >= 0.3 is 5.97 Å². The zero-order valence-corrected chi connectivity index (χ0v) is 10.2. The summed E-state index contributed by atoms with van der Waals surface area (Å²) in [5.74, 6) is -1.21. The Balaban J connectivity index is 2.86. The van der Waals surface area contributed by atoms with Crippen LogP contribution in [0.15, 0.2) is 24.5 Å². The fourth-order valence-corrected chi connectivity index (χ4v) is 1.59. The maximum Gasteiger partial charge on any atom is 0.304 e. The number of pyridine rings is 1. The zero-order chi connectivity index (χ0) is 13.1. The number of aromatic nitrogens is 1. The number of amides is 1. The topological polar surface area (TPSA) is 70.5 Å². The van der Waals surface area contributed by atoms with E-state index in [1.807, 2.05) is 0 Å². The van der Waals surface area contributed by atoms with Gasteiger partial charge in [0.25, 0.3) is 0 Å². The molecule has 0 saturated heterocycles. The minimum absolute atomic E-state index is 0.193. The number of carbonyl (C=O) groups excluding carboxylic acids is 1. The molecule has 1 rings (SSSR count). The lowest BCUT2D eigenvalue weighted by Gasteiger charge is -2.28. The van der Waals surface area contributed by atoms with Crippen molar-refractivity contribution in [2.24, 2.45) is 5.41 Å². The number of rotatable bonds is 4. The summed E-state index contributed by atoms with van der Waals surface area (Å²) >= 11 is 0. The Kier molecular flexibility index (Phi) is 3.83. The van der Waals surface area contributed by atoms with E-state index in [-0.39, 0.29) is 12.3 Å². The lowest BCUT2D eigenvalue weighted by Crippen LogP contribution is -2.39. The summed E-state index contributed by atoms with van der Waals surface area (Å²) < 4.78 is 0. The first-order valence-electron chi connectivity index (χ1n) is 5.24. The number of carboxylic acids is 1. The van der Waals surface area contributed by atoms with E-state index in [4.69, 9.17) is 5.11 Å². The number of anilines is 1. The summed E-state index contributed by atoms with van der Waals surface area (Å²) in [6, 6.07) is 3.41. The van der Waals surface area contributed by atoms with E-state index in [9.17, 15) is 9.59 Å². The number of carboxylic acid groups (broad SMARTS) is 1. The van der Waals surface area contributed by atoms with Crippen LogP contribution in [-0.4, -0.2) is 29.0 Å². The molecule has 0 aliphatic heterocycles. The Labute approximate surface area is 100 Å². The Morgan fingerprint density at radius 2 is 1.88 bits per heavy atom. The van der Waals surface area contributed by atoms with Crippen molar-refractivity contribution in [1.29, 1.82) is 0 Å². The average molecular weight is 236 g/mol. The Morgan fingerprint density at radius 1 is 1.35 bits per heavy atom. The first-order chi connectivity index (χ1) is 7.84. The first-order valence-corrected chi connectivity index (χ1v) is 5.24. The predicted octanol–water partition coefficient (Wildman–Crippen LogP) is 1.55. The van der Waals surface area contributed by atoms with Gasteiger partial charge < -0.3 is 10.0 Å². The second-order valence-electron chi connectivity index (χ2n) is 4.52. The molecule has 0 radical (unpaired) electrons. The van der Waals surface area contributed by atoms with Crippen molar-refractivity contribution >= 4 is 17.6 Å². The third-order valence-electron chi connectivity index (χ3n) is 2.53. The van der Waals surface area contributed by atoms with Crippen molar-refractivity contribution in [2.45, 2.75) is 20.3 Å². The monoisotopic (exact) mass is 236 g/mol. The largest absolute Gasteiger partial charge is 0.481 e. The summed E-state index contributed by atoms with van der Waals surface area (Å²) in [4.78, 5) is 28.2. The maximum atomic E-state index is 12.1. The highest BCUT2D eigenvalue weighted by molar-refractivity contribution is 5.98. The van der Waals surface area contributed by atoms with Gasteiger partial charge in [0.05, 0.1) is 11.8 Å². The Morgan fingerprint density at radius 3 is 2.35 bits per heavy atom. The minimum atomic E-state index is -0.980. The van der Waals surface area contributed by atoms with Crippen molar-refractivity contribution in [2.75, 3.05) is 11.9 Å². The molecule has 92 valence electrons. The SMILES string of the molecule is CN(C(=O)C(C)(C)CC(=O)O)c1ccncc1. The third kappa shape index (κ3) is 3.27. The van der Waals surface area contributed by atoms with E-state index in [1.54, 1.807) is 45.4 Å². The Hall–Kier alpha value is -1.91. The summed E-state index contributed by atoms with van der Waals surface area (Å²) in [5, 5.41) is 8.77. The van der Waals surface area contributed by atoms with Gasteiger partial charge in [-0.05, 0) is 12.1 Å². The van der Waals surface area contributed by atoms with Crippen LogP contribution in [0, 0.1) is 5.41 Å². The molecule has 0 bridgehead atoms. The summed E-state index contributed by atoms with van der Waals surface area (Å²) in [7, 11) is 1.63. The quantitative estimate of drug-likeness (QED) is 0.860. The van der Waals surface area contributed by atoms with Crippen LogP contribution in [0.1, 0.15) is 20.3 Å². The van der Waals surface area contributed by atoms with E-state index in [0.29, 0.717) is 5.69 Å². The van der Waals surface area contributed by atoms with Gasteiger partial charge in [0, 0.05) is 25.1 Å². The van der Waals surface area contributed by atoms with Gasteiger partial charge in [-0.25, -0.2) is 0 Å². The number of carbonyl (C=O) groups is 2. The van der Waals surface area contributed by atoms with Crippen molar-refractivity contribution < 1.29 is 14.7 Å². The van der Waals surface area contributed by atoms with Gasteiger partial charge in [0.1, 0.15) is 0 Å². The van der Waals surface area contributed by atoms with Crippen LogP contribution in [0.2, 0.25) is 0 Å². The van der Waals surface area contributed by atoms with Crippen LogP contribution in [0.4, 0.5) is 5.69 Å². The standard InChI is InChI=1S/C12H16N2O3/c1-12(2,8-10(15)16)11(17)14(3)9-4-6-13-7-5-9/h4-7H,8H2,1-3H3,(H,15,16). The van der Waals surface area contributed by atoms with Crippen LogP contribution < -0.4 is 4.90 Å². The maximum absolute atomic E-state index is 12.1. The highest BCUT2D eigenvalue weighted by Gasteiger charge is 2.33. The highest BCUT2D eigenvalue weighted by Crippen LogP contribution is 2.25. The van der Waals surface area contributed by atoms with Gasteiger partial charge in [-0.3, -0.25) is 14.6 Å². The number of aliphatic carboxylic acids is 1. The lowest BCUT2D eigenvalue weighted by molar-refractivity contribution is -0.143. The number of hydrogen-bond acceptors (Lipinski definition) is 3. The van der Waals surface area contributed by atoms with Gasteiger partial charge in [-0.15, -0.1) is 0 Å². The van der Waals surface area contributed by atoms with Crippen molar-refractivity contribution in [3.8, 4) is 0 Å². The summed E-state index contributed by atoms with van der Waals surface area (Å²) in [5.41, 5.74) is -0.229. The second kappa shape index (κ2) is 4.95. The number of nitrogens with zero attached hydrogens (tertiary/aromatic N) is 2. The van der Waals surface area contributed by atoms with Crippen LogP contribution in [0.25, 0.3) is 0 Å². The predicted molar refractivity (Wildman–Crippen MR) is 63.7 cm³/mol. The molecule has 1 amide bonds. The molecule has 0 aliphatic rings. The van der Waals surface area contributed by atoms with E-state index in [0.717, 1.165) is 0 Å². The molecule has 0 aliphatic carbocycles. The minimum Gasteiger partial charge on any atom is -0.481 e. The molecule has 0 saturated carbocycles. The molecule has 0 spiro atoms. The van der Waals surface area contributed by atoms with Crippen LogP contribution in [-0.2, 0) is 9.59 Å².